The second-order valence-corrected chi connectivity index (χ2v) is 4.30. The third kappa shape index (κ3) is 1.56. The maximum Gasteiger partial charge on any atom is 0.0646 e. The molecule has 0 spiro atoms. The van der Waals surface area contributed by atoms with E-state index < -0.39 is 0 Å². The summed E-state index contributed by atoms with van der Waals surface area (Å²) in [6, 6.07) is 12.9. The number of aromatic nitrogens is 1. The molecular weight excluding hydrogens is 196 g/mol. The van der Waals surface area contributed by atoms with E-state index in [-0.39, 0.29) is 0 Å². The van der Waals surface area contributed by atoms with Crippen LogP contribution in [-0.2, 0) is 13.1 Å². The Morgan fingerprint density at radius 2 is 1.88 bits per heavy atom. The molecule has 0 fully saturated rings. The van der Waals surface area contributed by atoms with Crippen molar-refractivity contribution < 1.29 is 0 Å². The van der Waals surface area contributed by atoms with Crippen molar-refractivity contribution >= 4 is 5.69 Å². The number of hydrogen-bond donors (Lipinski definition) is 0. The highest BCUT2D eigenvalue weighted by Gasteiger charge is 2.19. The summed E-state index contributed by atoms with van der Waals surface area (Å²) in [7, 11) is 0. The van der Waals surface area contributed by atoms with E-state index in [2.05, 4.69) is 47.1 Å². The molecule has 2 heteroatoms. The van der Waals surface area contributed by atoms with Gasteiger partial charge in [-0.05, 0) is 30.7 Å². The number of hydrogen-bond acceptors (Lipinski definition) is 2. The first kappa shape index (κ1) is 9.40. The lowest BCUT2D eigenvalue weighted by Gasteiger charge is -2.17. The topological polar surface area (TPSA) is 16.1 Å². The van der Waals surface area contributed by atoms with Gasteiger partial charge in [-0.1, -0.05) is 23.8 Å². The predicted molar refractivity (Wildman–Crippen MR) is 65.3 cm³/mol. The van der Waals surface area contributed by atoms with Crippen molar-refractivity contribution in [3.05, 3.63) is 59.4 Å². The smallest absolute Gasteiger partial charge is 0.0646 e. The van der Waals surface area contributed by atoms with Gasteiger partial charge in [-0.2, -0.15) is 0 Å². The SMILES string of the molecule is Cc1ccc(N2Cc3cccnc3C2)cc1. The van der Waals surface area contributed by atoms with Crippen LogP contribution in [0.4, 0.5) is 5.69 Å². The summed E-state index contributed by atoms with van der Waals surface area (Å²) < 4.78 is 0. The lowest BCUT2D eigenvalue weighted by molar-refractivity contribution is 0.870. The summed E-state index contributed by atoms with van der Waals surface area (Å²) in [6.45, 7) is 4.02. The molecule has 2 aromatic rings. The van der Waals surface area contributed by atoms with Gasteiger partial charge < -0.3 is 4.90 Å². The van der Waals surface area contributed by atoms with E-state index in [4.69, 9.17) is 0 Å². The van der Waals surface area contributed by atoms with E-state index in [9.17, 15) is 0 Å². The molecule has 1 aliphatic heterocycles. The summed E-state index contributed by atoms with van der Waals surface area (Å²) in [5, 5.41) is 0. The Labute approximate surface area is 95.6 Å². The fourth-order valence-corrected chi connectivity index (χ4v) is 2.14. The molecule has 3 rings (SSSR count). The zero-order chi connectivity index (χ0) is 11.0. The molecule has 0 aliphatic carbocycles. The van der Waals surface area contributed by atoms with Gasteiger partial charge in [-0.15, -0.1) is 0 Å². The van der Waals surface area contributed by atoms with Gasteiger partial charge in [0.25, 0.3) is 0 Å². The van der Waals surface area contributed by atoms with Crippen LogP contribution in [-0.4, -0.2) is 4.98 Å². The molecule has 0 N–H and O–H groups in total. The number of fused-ring (bicyclic) bond motifs is 1. The molecule has 2 heterocycles. The lowest BCUT2D eigenvalue weighted by atomic mass is 10.2. The third-order valence-electron chi connectivity index (χ3n) is 3.09. The Bertz CT molecular complexity index is 477. The van der Waals surface area contributed by atoms with E-state index >= 15 is 0 Å². The van der Waals surface area contributed by atoms with Crippen LogP contribution >= 0.6 is 0 Å². The van der Waals surface area contributed by atoms with Crippen LogP contribution in [0.2, 0.25) is 0 Å². The van der Waals surface area contributed by atoms with Gasteiger partial charge in [0.15, 0.2) is 0 Å². The third-order valence-corrected chi connectivity index (χ3v) is 3.09. The Morgan fingerprint density at radius 3 is 2.62 bits per heavy atom. The fourth-order valence-electron chi connectivity index (χ4n) is 2.14. The largest absolute Gasteiger partial charge is 0.361 e. The average molecular weight is 210 g/mol. The van der Waals surface area contributed by atoms with Crippen LogP contribution in [0.3, 0.4) is 0 Å². The van der Waals surface area contributed by atoms with E-state index in [0.717, 1.165) is 13.1 Å². The number of aryl methyl sites for hydroxylation is 1. The molecule has 1 aromatic carbocycles. The van der Waals surface area contributed by atoms with Crippen molar-refractivity contribution in [3.63, 3.8) is 0 Å². The summed E-state index contributed by atoms with van der Waals surface area (Å²) in [4.78, 5) is 6.77. The Balaban J connectivity index is 1.88. The number of rotatable bonds is 1. The molecule has 0 radical (unpaired) electrons. The highest BCUT2D eigenvalue weighted by Crippen LogP contribution is 2.26. The van der Waals surface area contributed by atoms with Gasteiger partial charge in [-0.3, -0.25) is 4.98 Å². The van der Waals surface area contributed by atoms with Crippen molar-refractivity contribution in [1.29, 1.82) is 0 Å². The van der Waals surface area contributed by atoms with Crippen molar-refractivity contribution in [3.8, 4) is 0 Å². The van der Waals surface area contributed by atoms with Gasteiger partial charge in [0.05, 0.1) is 12.2 Å². The first-order valence-electron chi connectivity index (χ1n) is 5.57. The molecule has 0 unspecified atom stereocenters. The second kappa shape index (κ2) is 3.63. The van der Waals surface area contributed by atoms with Crippen LogP contribution in [0, 0.1) is 6.92 Å². The Morgan fingerprint density at radius 1 is 1.06 bits per heavy atom. The minimum absolute atomic E-state index is 0.930. The number of pyridine rings is 1. The monoisotopic (exact) mass is 210 g/mol. The first-order chi connectivity index (χ1) is 7.83. The Kier molecular flexibility index (Phi) is 2.13. The van der Waals surface area contributed by atoms with E-state index in [1.54, 1.807) is 0 Å². The first-order valence-corrected chi connectivity index (χ1v) is 5.57. The molecular formula is C14H14N2. The number of nitrogens with zero attached hydrogens (tertiary/aromatic N) is 2. The van der Waals surface area contributed by atoms with Crippen molar-refractivity contribution in [1.82, 2.24) is 4.98 Å². The lowest BCUT2D eigenvalue weighted by Crippen LogP contribution is -2.14. The zero-order valence-electron chi connectivity index (χ0n) is 9.35. The molecule has 2 nitrogen and oxygen atoms in total. The van der Waals surface area contributed by atoms with Crippen molar-refractivity contribution in [2.45, 2.75) is 20.0 Å². The zero-order valence-corrected chi connectivity index (χ0v) is 9.35. The highest BCUT2D eigenvalue weighted by molar-refractivity contribution is 5.51. The molecule has 80 valence electrons. The summed E-state index contributed by atoms with van der Waals surface area (Å²) >= 11 is 0. The maximum atomic E-state index is 4.41. The maximum absolute atomic E-state index is 4.41. The van der Waals surface area contributed by atoms with E-state index in [1.807, 2.05) is 12.3 Å². The van der Waals surface area contributed by atoms with Gasteiger partial charge in [-0.25, -0.2) is 0 Å². The fraction of sp³-hybridized carbons (Fsp3) is 0.214. The number of benzene rings is 1. The minimum Gasteiger partial charge on any atom is -0.361 e. The van der Waals surface area contributed by atoms with Crippen LogP contribution in [0.5, 0.6) is 0 Å². The van der Waals surface area contributed by atoms with Crippen molar-refractivity contribution in [2.75, 3.05) is 4.90 Å². The number of anilines is 1. The Hall–Kier alpha value is -1.83. The van der Waals surface area contributed by atoms with Crippen molar-refractivity contribution in [2.24, 2.45) is 0 Å². The molecule has 1 aromatic heterocycles. The van der Waals surface area contributed by atoms with Crippen LogP contribution < -0.4 is 4.90 Å². The van der Waals surface area contributed by atoms with Gasteiger partial charge >= 0.3 is 0 Å². The highest BCUT2D eigenvalue weighted by atomic mass is 15.2. The summed E-state index contributed by atoms with van der Waals surface area (Å²) in [6.07, 6.45) is 1.87. The molecule has 0 atom stereocenters. The normalized spacial score (nSPS) is 13.9. The van der Waals surface area contributed by atoms with E-state index in [0.29, 0.717) is 0 Å². The summed E-state index contributed by atoms with van der Waals surface area (Å²) in [5.74, 6) is 0. The van der Waals surface area contributed by atoms with Gasteiger partial charge in [0.1, 0.15) is 0 Å². The molecule has 1 aliphatic rings. The van der Waals surface area contributed by atoms with Crippen LogP contribution in [0.15, 0.2) is 42.6 Å². The molecule has 0 bridgehead atoms. The molecule has 0 amide bonds. The van der Waals surface area contributed by atoms with Crippen LogP contribution in [0.1, 0.15) is 16.8 Å². The summed E-state index contributed by atoms with van der Waals surface area (Å²) in [5.41, 5.74) is 5.15. The predicted octanol–water partition coefficient (Wildman–Crippen LogP) is 2.91. The van der Waals surface area contributed by atoms with E-state index in [1.165, 1.54) is 22.5 Å². The molecule has 16 heavy (non-hydrogen) atoms. The standard InChI is InChI=1S/C14H14N2/c1-11-4-6-13(7-5-11)16-9-12-3-2-8-15-14(12)10-16/h2-8H,9-10H2,1H3. The van der Waals surface area contributed by atoms with Gasteiger partial charge in [0, 0.05) is 18.4 Å². The second-order valence-electron chi connectivity index (χ2n) is 4.30. The van der Waals surface area contributed by atoms with Gasteiger partial charge in [0.2, 0.25) is 0 Å². The molecule has 0 saturated heterocycles. The quantitative estimate of drug-likeness (QED) is 0.719. The van der Waals surface area contributed by atoms with Crippen LogP contribution in [0.25, 0.3) is 0 Å². The average Bonchev–Trinajstić information content (AvgIpc) is 2.73. The minimum atomic E-state index is 0.930. The molecule has 0 saturated carbocycles.